The fourth-order valence-corrected chi connectivity index (χ4v) is 3.21. The third kappa shape index (κ3) is 2.76. The van der Waals surface area contributed by atoms with Gasteiger partial charge < -0.3 is 14.8 Å². The molecular weight excluding hydrogens is 296 g/mol. The van der Waals surface area contributed by atoms with Crippen molar-refractivity contribution in [2.45, 2.75) is 19.9 Å². The van der Waals surface area contributed by atoms with E-state index in [0.29, 0.717) is 19.6 Å². The van der Waals surface area contributed by atoms with Gasteiger partial charge in [-0.15, -0.1) is 0 Å². The molecular formula is C16H22N4O3. The molecule has 23 heavy (non-hydrogen) atoms. The Morgan fingerprint density at radius 2 is 1.87 bits per heavy atom. The summed E-state index contributed by atoms with van der Waals surface area (Å²) in [5.41, 5.74) is 1.42. The molecule has 1 aromatic heterocycles. The molecule has 0 bridgehead atoms. The normalized spacial score (nSPS) is 22.2. The molecule has 1 atom stereocenters. The van der Waals surface area contributed by atoms with Crippen molar-refractivity contribution < 1.29 is 9.59 Å². The number of carbonyl (C=O) groups is 2. The van der Waals surface area contributed by atoms with Gasteiger partial charge in [-0.25, -0.2) is 0 Å². The van der Waals surface area contributed by atoms with Crippen molar-refractivity contribution in [2.75, 3.05) is 39.8 Å². The third-order valence-corrected chi connectivity index (χ3v) is 4.89. The van der Waals surface area contributed by atoms with E-state index in [1.54, 1.807) is 29.8 Å². The van der Waals surface area contributed by atoms with Gasteiger partial charge in [0, 0.05) is 45.5 Å². The number of aromatic nitrogens is 1. The second-order valence-electron chi connectivity index (χ2n) is 6.38. The van der Waals surface area contributed by atoms with Gasteiger partial charge in [0.1, 0.15) is 11.6 Å². The number of carbonyl (C=O) groups excluding carboxylic acids is 2. The SMILES string of the molecule is Cc1cc(C(=O)N2CCN3CCN(C)C(=O)[C@@H]3C2)c(=O)[nH]c1C. The number of aryl methyl sites for hydroxylation is 2. The Morgan fingerprint density at radius 1 is 1.17 bits per heavy atom. The van der Waals surface area contributed by atoms with Crippen molar-refractivity contribution in [1.82, 2.24) is 19.7 Å². The average Bonchev–Trinajstić information content (AvgIpc) is 2.53. The summed E-state index contributed by atoms with van der Waals surface area (Å²) in [6.45, 7) is 6.77. The number of fused-ring (bicyclic) bond motifs is 1. The smallest absolute Gasteiger partial charge is 0.261 e. The van der Waals surface area contributed by atoms with Crippen molar-refractivity contribution in [2.24, 2.45) is 0 Å². The topological polar surface area (TPSA) is 76.7 Å². The highest BCUT2D eigenvalue weighted by Crippen LogP contribution is 2.17. The predicted molar refractivity (Wildman–Crippen MR) is 85.4 cm³/mol. The number of nitrogens with zero attached hydrogens (tertiary/aromatic N) is 3. The average molecular weight is 318 g/mol. The van der Waals surface area contributed by atoms with Crippen LogP contribution in [0.1, 0.15) is 21.6 Å². The molecule has 1 aromatic rings. The molecule has 0 radical (unpaired) electrons. The number of nitrogens with one attached hydrogen (secondary N) is 1. The summed E-state index contributed by atoms with van der Waals surface area (Å²) in [4.78, 5) is 45.3. The molecule has 7 nitrogen and oxygen atoms in total. The maximum absolute atomic E-state index is 12.7. The molecule has 2 aliphatic heterocycles. The lowest BCUT2D eigenvalue weighted by Crippen LogP contribution is -2.64. The largest absolute Gasteiger partial charge is 0.343 e. The second kappa shape index (κ2) is 5.81. The van der Waals surface area contributed by atoms with Crippen LogP contribution >= 0.6 is 0 Å². The van der Waals surface area contributed by atoms with Crippen LogP contribution in [0.25, 0.3) is 0 Å². The quantitative estimate of drug-likeness (QED) is 0.764. The van der Waals surface area contributed by atoms with Crippen molar-refractivity contribution in [3.8, 4) is 0 Å². The van der Waals surface area contributed by atoms with Gasteiger partial charge in [0.2, 0.25) is 5.91 Å². The van der Waals surface area contributed by atoms with E-state index in [4.69, 9.17) is 0 Å². The summed E-state index contributed by atoms with van der Waals surface area (Å²) in [6, 6.07) is 1.34. The molecule has 3 heterocycles. The van der Waals surface area contributed by atoms with E-state index >= 15 is 0 Å². The van der Waals surface area contributed by atoms with Crippen molar-refractivity contribution in [3.05, 3.63) is 33.2 Å². The van der Waals surface area contributed by atoms with Gasteiger partial charge in [-0.3, -0.25) is 19.3 Å². The summed E-state index contributed by atoms with van der Waals surface area (Å²) >= 11 is 0. The zero-order valence-corrected chi connectivity index (χ0v) is 13.8. The molecule has 7 heteroatoms. The van der Waals surface area contributed by atoms with Crippen molar-refractivity contribution >= 4 is 11.8 Å². The van der Waals surface area contributed by atoms with E-state index < -0.39 is 0 Å². The van der Waals surface area contributed by atoms with E-state index in [0.717, 1.165) is 24.3 Å². The molecule has 124 valence electrons. The van der Waals surface area contributed by atoms with Gasteiger partial charge in [0.15, 0.2) is 0 Å². The maximum atomic E-state index is 12.7. The highest BCUT2D eigenvalue weighted by molar-refractivity contribution is 5.95. The molecule has 0 aromatic carbocycles. The monoisotopic (exact) mass is 318 g/mol. The van der Waals surface area contributed by atoms with Gasteiger partial charge in [0.05, 0.1) is 0 Å². The molecule has 2 aliphatic rings. The molecule has 2 fully saturated rings. The lowest BCUT2D eigenvalue weighted by Gasteiger charge is -2.45. The lowest BCUT2D eigenvalue weighted by atomic mass is 10.1. The minimum absolute atomic E-state index is 0.0442. The van der Waals surface area contributed by atoms with Crippen LogP contribution in [0.15, 0.2) is 10.9 Å². The van der Waals surface area contributed by atoms with Crippen LogP contribution in [0.3, 0.4) is 0 Å². The first kappa shape index (κ1) is 15.7. The highest BCUT2D eigenvalue weighted by Gasteiger charge is 2.39. The van der Waals surface area contributed by atoms with Crippen LogP contribution in [-0.2, 0) is 4.79 Å². The van der Waals surface area contributed by atoms with E-state index in [9.17, 15) is 14.4 Å². The second-order valence-corrected chi connectivity index (χ2v) is 6.38. The Kier molecular flexibility index (Phi) is 3.97. The maximum Gasteiger partial charge on any atom is 0.261 e. The Morgan fingerprint density at radius 3 is 2.61 bits per heavy atom. The first-order valence-electron chi connectivity index (χ1n) is 7.87. The van der Waals surface area contributed by atoms with E-state index in [2.05, 4.69) is 9.88 Å². The number of hydrogen-bond acceptors (Lipinski definition) is 4. The van der Waals surface area contributed by atoms with Gasteiger partial charge in [-0.2, -0.15) is 0 Å². The number of H-pyrrole nitrogens is 1. The summed E-state index contributed by atoms with van der Waals surface area (Å²) in [5, 5.41) is 0. The number of amides is 2. The summed E-state index contributed by atoms with van der Waals surface area (Å²) in [6.07, 6.45) is 0. The minimum atomic E-state index is -0.368. The van der Waals surface area contributed by atoms with Crippen LogP contribution in [0.2, 0.25) is 0 Å². The van der Waals surface area contributed by atoms with Crippen LogP contribution in [0, 0.1) is 13.8 Å². The number of pyridine rings is 1. The summed E-state index contributed by atoms with van der Waals surface area (Å²) < 4.78 is 0. The van der Waals surface area contributed by atoms with Gasteiger partial charge in [0.25, 0.3) is 11.5 Å². The zero-order valence-electron chi connectivity index (χ0n) is 13.8. The molecule has 2 amide bonds. The molecule has 2 saturated heterocycles. The Balaban J connectivity index is 1.83. The minimum Gasteiger partial charge on any atom is -0.343 e. The Hall–Kier alpha value is -2.15. The molecule has 3 rings (SSSR count). The van der Waals surface area contributed by atoms with E-state index in [1.807, 2.05) is 6.92 Å². The number of likely N-dealkylation sites (N-methyl/N-ethyl adjacent to an activating group) is 1. The number of hydrogen-bond donors (Lipinski definition) is 1. The van der Waals surface area contributed by atoms with Gasteiger partial charge in [-0.1, -0.05) is 0 Å². The van der Waals surface area contributed by atoms with Gasteiger partial charge >= 0.3 is 0 Å². The van der Waals surface area contributed by atoms with E-state index in [-0.39, 0.29) is 29.0 Å². The first-order valence-corrected chi connectivity index (χ1v) is 7.87. The molecule has 0 aliphatic carbocycles. The highest BCUT2D eigenvalue weighted by atomic mass is 16.2. The third-order valence-electron chi connectivity index (χ3n) is 4.89. The zero-order chi connectivity index (χ0) is 16.7. The van der Waals surface area contributed by atoms with Crippen molar-refractivity contribution in [3.63, 3.8) is 0 Å². The molecule has 0 spiro atoms. The predicted octanol–water partition coefficient (Wildman–Crippen LogP) is -0.410. The van der Waals surface area contributed by atoms with Crippen LogP contribution in [0.5, 0.6) is 0 Å². The molecule has 0 saturated carbocycles. The van der Waals surface area contributed by atoms with Crippen molar-refractivity contribution in [1.29, 1.82) is 0 Å². The fraction of sp³-hybridized carbons (Fsp3) is 0.562. The Labute approximate surface area is 134 Å². The van der Waals surface area contributed by atoms with Crippen LogP contribution in [-0.4, -0.2) is 77.3 Å². The van der Waals surface area contributed by atoms with Crippen LogP contribution in [0.4, 0.5) is 0 Å². The fourth-order valence-electron chi connectivity index (χ4n) is 3.21. The van der Waals surface area contributed by atoms with Crippen LogP contribution < -0.4 is 5.56 Å². The molecule has 0 unspecified atom stereocenters. The summed E-state index contributed by atoms with van der Waals surface area (Å²) in [5.74, 6) is -0.252. The van der Waals surface area contributed by atoms with Gasteiger partial charge in [-0.05, 0) is 25.5 Å². The summed E-state index contributed by atoms with van der Waals surface area (Å²) in [7, 11) is 1.79. The number of aromatic amines is 1. The molecule has 1 N–H and O–H groups in total. The van der Waals surface area contributed by atoms with E-state index in [1.165, 1.54) is 0 Å². The standard InChI is InChI=1S/C16H22N4O3/c1-10-8-12(14(21)17-11(10)2)15(22)20-7-6-19-5-4-18(3)16(23)13(19)9-20/h8,13H,4-7,9H2,1-3H3,(H,17,21)/t13-/m0/s1. The lowest BCUT2D eigenvalue weighted by molar-refractivity contribution is -0.142. The first-order chi connectivity index (χ1) is 10.9. The number of piperazine rings is 2. The Bertz CT molecular complexity index is 712. The number of rotatable bonds is 1.